The summed E-state index contributed by atoms with van der Waals surface area (Å²) < 4.78 is 22.7. The van der Waals surface area contributed by atoms with Crippen molar-refractivity contribution in [1.82, 2.24) is 14.8 Å². The summed E-state index contributed by atoms with van der Waals surface area (Å²) in [5, 5.41) is 11.8. The molecule has 33 heavy (non-hydrogen) atoms. The molecule has 1 amide bonds. The number of carbonyl (C=O) groups excluding carboxylic acids is 1. The highest BCUT2D eigenvalue weighted by Gasteiger charge is 2.22. The number of benzene rings is 2. The first-order valence-corrected chi connectivity index (χ1v) is 12.5. The van der Waals surface area contributed by atoms with Crippen LogP contribution in [0, 0.1) is 5.82 Å². The summed E-state index contributed by atoms with van der Waals surface area (Å²) in [5.74, 6) is 1.15. The third-order valence-electron chi connectivity index (χ3n) is 4.97. The molecule has 1 aromatic heterocycles. The van der Waals surface area contributed by atoms with Crippen molar-refractivity contribution < 1.29 is 13.9 Å². The third-order valence-corrected chi connectivity index (χ3v) is 6.40. The maximum atomic E-state index is 14.0. The number of amides is 1. The predicted octanol–water partition coefficient (Wildman–Crippen LogP) is 6.75. The Balaban J connectivity index is 1.67. The lowest BCUT2D eigenvalue weighted by molar-refractivity contribution is -0.113. The molecule has 3 rings (SSSR count). The van der Waals surface area contributed by atoms with Gasteiger partial charge in [0.1, 0.15) is 11.6 Å². The number of nitrogens with one attached hydrogen (secondary N) is 1. The maximum absolute atomic E-state index is 14.0. The molecule has 0 saturated heterocycles. The quantitative estimate of drug-likeness (QED) is 0.307. The van der Waals surface area contributed by atoms with E-state index in [1.54, 1.807) is 6.07 Å². The summed E-state index contributed by atoms with van der Waals surface area (Å²) >= 11 is 4.46. The molecule has 1 unspecified atom stereocenters. The number of hydrogen-bond donors (Lipinski definition) is 1. The van der Waals surface area contributed by atoms with E-state index in [0.29, 0.717) is 21.4 Å². The van der Waals surface area contributed by atoms with E-state index in [2.05, 4.69) is 57.4 Å². The Labute approximate surface area is 206 Å². The second-order valence-electron chi connectivity index (χ2n) is 8.25. The van der Waals surface area contributed by atoms with Crippen LogP contribution in [0.5, 0.6) is 5.75 Å². The van der Waals surface area contributed by atoms with E-state index in [-0.39, 0.29) is 29.5 Å². The van der Waals surface area contributed by atoms with Gasteiger partial charge in [0.25, 0.3) is 0 Å². The van der Waals surface area contributed by atoms with Gasteiger partial charge < -0.3 is 14.6 Å². The van der Waals surface area contributed by atoms with E-state index in [1.165, 1.54) is 29.5 Å². The summed E-state index contributed by atoms with van der Waals surface area (Å²) in [5.41, 5.74) is 1.39. The zero-order valence-electron chi connectivity index (χ0n) is 19.3. The molecule has 176 valence electrons. The molecule has 1 N–H and O–H groups in total. The van der Waals surface area contributed by atoms with E-state index in [9.17, 15) is 9.18 Å². The molecule has 0 aliphatic rings. The lowest BCUT2D eigenvalue weighted by atomic mass is 10.0. The monoisotopic (exact) mass is 534 g/mol. The number of aromatic nitrogens is 3. The van der Waals surface area contributed by atoms with E-state index in [0.717, 1.165) is 5.75 Å². The fourth-order valence-corrected chi connectivity index (χ4v) is 4.45. The van der Waals surface area contributed by atoms with Crippen LogP contribution in [0.4, 0.5) is 10.1 Å². The number of halogens is 2. The van der Waals surface area contributed by atoms with Crippen molar-refractivity contribution in [3.05, 3.63) is 64.1 Å². The second-order valence-corrected chi connectivity index (χ2v) is 10.1. The molecule has 6 nitrogen and oxygen atoms in total. The van der Waals surface area contributed by atoms with Gasteiger partial charge in [-0.3, -0.25) is 4.79 Å². The van der Waals surface area contributed by atoms with Gasteiger partial charge in [-0.25, -0.2) is 4.39 Å². The van der Waals surface area contributed by atoms with Crippen molar-refractivity contribution in [3.8, 4) is 5.75 Å². The fraction of sp³-hybridized carbons (Fsp3) is 0.375. The van der Waals surface area contributed by atoms with Crippen molar-refractivity contribution >= 4 is 39.3 Å². The Morgan fingerprint density at radius 3 is 2.42 bits per heavy atom. The molecule has 9 heteroatoms. The van der Waals surface area contributed by atoms with Crippen molar-refractivity contribution in [1.29, 1.82) is 0 Å². The predicted molar refractivity (Wildman–Crippen MR) is 133 cm³/mol. The van der Waals surface area contributed by atoms with E-state index in [4.69, 9.17) is 4.74 Å². The normalized spacial score (nSPS) is 12.3. The number of ether oxygens (including phenoxy) is 1. The summed E-state index contributed by atoms with van der Waals surface area (Å²) in [7, 11) is 0. The third kappa shape index (κ3) is 6.57. The minimum atomic E-state index is -0.497. The highest BCUT2D eigenvalue weighted by molar-refractivity contribution is 9.10. The highest BCUT2D eigenvalue weighted by Crippen LogP contribution is 2.28. The lowest BCUT2D eigenvalue weighted by Gasteiger charge is -2.19. The number of carbonyl (C=O) groups is 1. The molecule has 0 aliphatic carbocycles. The van der Waals surface area contributed by atoms with Crippen molar-refractivity contribution in [2.75, 3.05) is 11.1 Å². The molecule has 1 atom stereocenters. The molecule has 0 aliphatic heterocycles. The van der Waals surface area contributed by atoms with Crippen LogP contribution in [-0.4, -0.2) is 26.4 Å². The van der Waals surface area contributed by atoms with E-state index >= 15 is 0 Å². The molecule has 0 spiro atoms. The first kappa shape index (κ1) is 25.2. The smallest absolute Gasteiger partial charge is 0.234 e. The zero-order valence-corrected chi connectivity index (χ0v) is 21.7. The lowest BCUT2D eigenvalue weighted by Crippen LogP contribution is -2.17. The Bertz CT molecular complexity index is 1100. The van der Waals surface area contributed by atoms with Gasteiger partial charge >= 0.3 is 0 Å². The van der Waals surface area contributed by atoms with Gasteiger partial charge in [-0.05, 0) is 62.6 Å². The topological polar surface area (TPSA) is 69.0 Å². The van der Waals surface area contributed by atoms with Crippen LogP contribution >= 0.6 is 27.7 Å². The largest absolute Gasteiger partial charge is 0.483 e. The van der Waals surface area contributed by atoms with Crippen LogP contribution in [0.25, 0.3) is 0 Å². The molecule has 0 radical (unpaired) electrons. The number of thioether (sulfide) groups is 1. The van der Waals surface area contributed by atoms with Crippen LogP contribution in [-0.2, 0) is 4.79 Å². The van der Waals surface area contributed by atoms with Crippen LogP contribution in [0.15, 0.2) is 52.1 Å². The fourth-order valence-electron chi connectivity index (χ4n) is 3.24. The van der Waals surface area contributed by atoms with Gasteiger partial charge in [0, 0.05) is 10.5 Å². The molecule has 0 saturated carbocycles. The molecule has 3 aromatic rings. The van der Waals surface area contributed by atoms with E-state index < -0.39 is 5.82 Å². The average molecular weight is 535 g/mol. The molecular formula is C24H28BrFN4O2S. The van der Waals surface area contributed by atoms with Gasteiger partial charge in [-0.2, -0.15) is 0 Å². The van der Waals surface area contributed by atoms with Gasteiger partial charge in [-0.15, -0.1) is 10.2 Å². The van der Waals surface area contributed by atoms with Crippen LogP contribution in [0.1, 0.15) is 64.1 Å². The Hall–Kier alpha value is -2.39. The minimum absolute atomic E-state index is 0.0684. The van der Waals surface area contributed by atoms with Crippen molar-refractivity contribution in [3.63, 3.8) is 0 Å². The summed E-state index contributed by atoms with van der Waals surface area (Å²) in [6.45, 7) is 10.3. The minimum Gasteiger partial charge on any atom is -0.483 e. The molecule has 1 heterocycles. The van der Waals surface area contributed by atoms with Gasteiger partial charge in [-0.1, -0.05) is 53.7 Å². The van der Waals surface area contributed by atoms with Gasteiger partial charge in [0.05, 0.1) is 11.4 Å². The van der Waals surface area contributed by atoms with Crippen LogP contribution in [0.2, 0.25) is 0 Å². The van der Waals surface area contributed by atoms with Crippen molar-refractivity contribution in [2.24, 2.45) is 0 Å². The second kappa shape index (κ2) is 11.2. The maximum Gasteiger partial charge on any atom is 0.234 e. The first-order valence-electron chi connectivity index (χ1n) is 10.7. The summed E-state index contributed by atoms with van der Waals surface area (Å²) in [4.78, 5) is 12.4. The molecule has 0 fully saturated rings. The van der Waals surface area contributed by atoms with Gasteiger partial charge in [0.15, 0.2) is 17.1 Å². The number of rotatable bonds is 9. The van der Waals surface area contributed by atoms with Crippen molar-refractivity contribution in [2.45, 2.75) is 57.8 Å². The standard InChI is InChI=1S/C24H28BrFN4O2S/c1-14(2)17-6-9-19(10-7-17)32-16(5)23-28-29-24(30(23)15(3)4)33-13-22(31)27-21-11-8-18(25)12-20(21)26/h6-12,14-16H,13H2,1-5H3,(H,27,31). The van der Waals surface area contributed by atoms with Crippen LogP contribution in [0.3, 0.4) is 0 Å². The average Bonchev–Trinajstić information content (AvgIpc) is 3.19. The molecule has 2 aromatic carbocycles. The SMILES string of the molecule is CC(C)c1ccc(OC(C)c2nnc(SCC(=O)Nc3ccc(Br)cc3F)n2C(C)C)cc1. The first-order chi connectivity index (χ1) is 15.7. The Morgan fingerprint density at radius 2 is 1.82 bits per heavy atom. The number of anilines is 1. The number of nitrogens with zero attached hydrogens (tertiary/aromatic N) is 3. The Morgan fingerprint density at radius 1 is 1.12 bits per heavy atom. The van der Waals surface area contributed by atoms with Gasteiger partial charge in [0.2, 0.25) is 5.91 Å². The summed E-state index contributed by atoms with van der Waals surface area (Å²) in [6, 6.07) is 12.6. The number of hydrogen-bond acceptors (Lipinski definition) is 5. The summed E-state index contributed by atoms with van der Waals surface area (Å²) in [6.07, 6.45) is -0.329. The van der Waals surface area contributed by atoms with Crippen LogP contribution < -0.4 is 10.1 Å². The van der Waals surface area contributed by atoms with E-state index in [1.807, 2.05) is 37.5 Å². The molecular weight excluding hydrogens is 507 g/mol. The molecule has 0 bridgehead atoms. The highest BCUT2D eigenvalue weighted by atomic mass is 79.9. The zero-order chi connectivity index (χ0) is 24.1. The Kier molecular flexibility index (Phi) is 8.53.